The molecule has 3 N–H and O–H groups in total. The zero-order valence-corrected chi connectivity index (χ0v) is 13.9. The van der Waals surface area contributed by atoms with Gasteiger partial charge in [-0.1, -0.05) is 12.1 Å². The third-order valence-electron chi connectivity index (χ3n) is 3.23. The number of aromatic nitrogens is 3. The molecule has 118 valence electrons. The zero-order valence-electron chi connectivity index (χ0n) is 12.2. The molecule has 0 radical (unpaired) electrons. The molecule has 6 nitrogen and oxygen atoms in total. The first-order valence-electron chi connectivity index (χ1n) is 6.83. The maximum absolute atomic E-state index is 12.3. The zero-order chi connectivity index (χ0) is 16.4. The molecule has 0 fully saturated rings. The number of anilines is 1. The van der Waals surface area contributed by atoms with Gasteiger partial charge in [0, 0.05) is 0 Å². The van der Waals surface area contributed by atoms with Crippen molar-refractivity contribution in [3.05, 3.63) is 46.0 Å². The van der Waals surface area contributed by atoms with E-state index in [9.17, 15) is 9.90 Å². The number of benzene rings is 1. The van der Waals surface area contributed by atoms with E-state index in [4.69, 9.17) is 12.2 Å². The number of aromatic amines is 1. The number of H-pyrrole nitrogens is 1. The summed E-state index contributed by atoms with van der Waals surface area (Å²) in [5, 5.41) is 21.4. The van der Waals surface area contributed by atoms with Crippen molar-refractivity contribution in [2.45, 2.75) is 13.5 Å². The molecule has 0 bridgehead atoms. The summed E-state index contributed by atoms with van der Waals surface area (Å²) in [5.41, 5.74) is 1.28. The lowest BCUT2D eigenvalue weighted by atomic mass is 10.2. The Morgan fingerprint density at radius 1 is 1.48 bits per heavy atom. The summed E-state index contributed by atoms with van der Waals surface area (Å²) in [6, 6.07) is 8.89. The van der Waals surface area contributed by atoms with Gasteiger partial charge in [-0.3, -0.25) is 14.5 Å². The van der Waals surface area contributed by atoms with Crippen LogP contribution in [0.2, 0.25) is 0 Å². The smallest absolute Gasteiger partial charge is 0.244 e. The van der Waals surface area contributed by atoms with Crippen molar-refractivity contribution < 1.29 is 9.90 Å². The number of carbonyl (C=O) groups is 1. The van der Waals surface area contributed by atoms with Crippen LogP contribution in [0.5, 0.6) is 5.75 Å². The highest BCUT2D eigenvalue weighted by atomic mass is 32.1. The van der Waals surface area contributed by atoms with Crippen LogP contribution >= 0.6 is 23.6 Å². The van der Waals surface area contributed by atoms with E-state index < -0.39 is 0 Å². The lowest BCUT2D eigenvalue weighted by Crippen LogP contribution is -2.19. The van der Waals surface area contributed by atoms with E-state index in [-0.39, 0.29) is 18.2 Å². The molecular weight excluding hydrogens is 332 g/mol. The second-order valence-corrected chi connectivity index (χ2v) is 6.32. The third kappa shape index (κ3) is 3.33. The number of carbonyl (C=O) groups excluding carboxylic acids is 1. The van der Waals surface area contributed by atoms with E-state index in [1.165, 1.54) is 11.3 Å². The van der Waals surface area contributed by atoms with Crippen molar-refractivity contribution in [3.8, 4) is 16.5 Å². The molecule has 1 amide bonds. The van der Waals surface area contributed by atoms with Crippen LogP contribution in [0.4, 0.5) is 5.69 Å². The number of phenols is 1. The van der Waals surface area contributed by atoms with Crippen LogP contribution in [-0.4, -0.2) is 25.8 Å². The number of thiophene rings is 1. The molecule has 1 aromatic carbocycles. The van der Waals surface area contributed by atoms with Gasteiger partial charge < -0.3 is 10.4 Å². The standard InChI is InChI=1S/C15H14N4O2S2/c1-9-4-5-10(11(20)7-9)16-13(21)8-19-14(17-18-15(19)22)12-3-2-6-23-12/h2-7,20H,8H2,1H3,(H,16,21)(H,18,22). The van der Waals surface area contributed by atoms with Gasteiger partial charge in [-0.05, 0) is 48.3 Å². The fourth-order valence-electron chi connectivity index (χ4n) is 2.14. The molecule has 8 heteroatoms. The van der Waals surface area contributed by atoms with Crippen LogP contribution in [0, 0.1) is 11.7 Å². The summed E-state index contributed by atoms with van der Waals surface area (Å²) in [6.45, 7) is 1.87. The molecular formula is C15H14N4O2S2. The molecule has 2 aromatic heterocycles. The molecule has 0 aliphatic carbocycles. The minimum atomic E-state index is -0.292. The molecule has 0 aliphatic heterocycles. The molecule has 2 heterocycles. The summed E-state index contributed by atoms with van der Waals surface area (Å²) in [7, 11) is 0. The minimum Gasteiger partial charge on any atom is -0.506 e. The Balaban J connectivity index is 1.81. The Hall–Kier alpha value is -2.45. The highest BCUT2D eigenvalue weighted by Gasteiger charge is 2.14. The van der Waals surface area contributed by atoms with Crippen molar-refractivity contribution in [2.75, 3.05) is 5.32 Å². The number of hydrogen-bond donors (Lipinski definition) is 3. The summed E-state index contributed by atoms with van der Waals surface area (Å²) in [4.78, 5) is 13.2. The number of amides is 1. The van der Waals surface area contributed by atoms with Crippen molar-refractivity contribution in [2.24, 2.45) is 0 Å². The number of phenolic OH excluding ortho intramolecular Hbond substituents is 1. The van der Waals surface area contributed by atoms with Gasteiger partial charge in [-0.2, -0.15) is 5.10 Å². The number of aryl methyl sites for hydroxylation is 1. The molecule has 0 unspecified atom stereocenters. The largest absolute Gasteiger partial charge is 0.506 e. The van der Waals surface area contributed by atoms with Gasteiger partial charge in [0.1, 0.15) is 12.3 Å². The monoisotopic (exact) mass is 346 g/mol. The Bertz CT molecular complexity index is 897. The minimum absolute atomic E-state index is 0.00980. The number of nitrogens with one attached hydrogen (secondary N) is 2. The van der Waals surface area contributed by atoms with Gasteiger partial charge in [-0.25, -0.2) is 0 Å². The number of hydrogen-bond acceptors (Lipinski definition) is 5. The Morgan fingerprint density at radius 3 is 3.00 bits per heavy atom. The molecule has 0 atom stereocenters. The van der Waals surface area contributed by atoms with Crippen molar-refractivity contribution in [1.29, 1.82) is 0 Å². The summed E-state index contributed by atoms with van der Waals surface area (Å²) in [5.74, 6) is 0.361. The highest BCUT2D eigenvalue weighted by Crippen LogP contribution is 2.25. The van der Waals surface area contributed by atoms with E-state index in [2.05, 4.69) is 15.5 Å². The Morgan fingerprint density at radius 2 is 2.30 bits per heavy atom. The highest BCUT2D eigenvalue weighted by molar-refractivity contribution is 7.71. The van der Waals surface area contributed by atoms with Crippen LogP contribution in [0.15, 0.2) is 35.7 Å². The maximum atomic E-state index is 12.3. The normalized spacial score (nSPS) is 10.7. The van der Waals surface area contributed by atoms with Crippen LogP contribution < -0.4 is 5.32 Å². The second-order valence-electron chi connectivity index (χ2n) is 4.98. The van der Waals surface area contributed by atoms with Crippen LogP contribution in [0.1, 0.15) is 5.56 Å². The van der Waals surface area contributed by atoms with Gasteiger partial charge in [0.2, 0.25) is 5.91 Å². The van der Waals surface area contributed by atoms with Crippen molar-refractivity contribution in [3.63, 3.8) is 0 Å². The lowest BCUT2D eigenvalue weighted by molar-refractivity contribution is -0.116. The first kappa shape index (κ1) is 15.4. The maximum Gasteiger partial charge on any atom is 0.244 e. The molecule has 23 heavy (non-hydrogen) atoms. The summed E-state index contributed by atoms with van der Waals surface area (Å²) >= 11 is 6.71. The summed E-state index contributed by atoms with van der Waals surface area (Å²) < 4.78 is 2.00. The Labute approximate surface area is 141 Å². The van der Waals surface area contributed by atoms with E-state index in [1.54, 1.807) is 16.7 Å². The summed E-state index contributed by atoms with van der Waals surface area (Å²) in [6.07, 6.45) is 0. The molecule has 0 spiro atoms. The molecule has 0 saturated carbocycles. The molecule has 0 aliphatic rings. The average Bonchev–Trinajstić information content (AvgIpc) is 3.13. The van der Waals surface area contributed by atoms with Gasteiger partial charge in [0.15, 0.2) is 10.6 Å². The van der Waals surface area contributed by atoms with Gasteiger partial charge in [0.25, 0.3) is 0 Å². The molecule has 0 saturated heterocycles. The van der Waals surface area contributed by atoms with E-state index >= 15 is 0 Å². The second kappa shape index (κ2) is 6.35. The van der Waals surface area contributed by atoms with Crippen molar-refractivity contribution >= 4 is 35.1 Å². The quantitative estimate of drug-likeness (QED) is 0.500. The first-order valence-corrected chi connectivity index (χ1v) is 8.12. The Kier molecular flexibility index (Phi) is 4.26. The SMILES string of the molecule is Cc1ccc(NC(=O)Cn2c(-c3cccs3)n[nH]c2=S)c(O)c1. The van der Waals surface area contributed by atoms with Crippen LogP contribution in [0.25, 0.3) is 10.7 Å². The number of rotatable bonds is 4. The van der Waals surface area contributed by atoms with Crippen LogP contribution in [-0.2, 0) is 11.3 Å². The van der Waals surface area contributed by atoms with E-state index in [0.29, 0.717) is 16.3 Å². The van der Waals surface area contributed by atoms with E-state index in [1.807, 2.05) is 30.5 Å². The van der Waals surface area contributed by atoms with Crippen LogP contribution in [0.3, 0.4) is 0 Å². The van der Waals surface area contributed by atoms with Gasteiger partial charge in [0.05, 0.1) is 10.6 Å². The van der Waals surface area contributed by atoms with E-state index in [0.717, 1.165) is 10.4 Å². The average molecular weight is 346 g/mol. The fourth-order valence-corrected chi connectivity index (χ4v) is 3.06. The van der Waals surface area contributed by atoms with Gasteiger partial charge >= 0.3 is 0 Å². The lowest BCUT2D eigenvalue weighted by Gasteiger charge is -2.09. The predicted molar refractivity (Wildman–Crippen MR) is 92.2 cm³/mol. The first-order chi connectivity index (χ1) is 11.0. The third-order valence-corrected chi connectivity index (χ3v) is 4.41. The molecule has 3 rings (SSSR count). The topological polar surface area (TPSA) is 82.9 Å². The molecule has 3 aromatic rings. The number of nitrogens with zero attached hydrogens (tertiary/aromatic N) is 2. The van der Waals surface area contributed by atoms with Gasteiger partial charge in [-0.15, -0.1) is 11.3 Å². The number of aromatic hydroxyl groups is 1. The van der Waals surface area contributed by atoms with Crippen molar-refractivity contribution in [1.82, 2.24) is 14.8 Å². The predicted octanol–water partition coefficient (Wildman–Crippen LogP) is 3.32. The fraction of sp³-hybridized carbons (Fsp3) is 0.133.